The van der Waals surface area contributed by atoms with E-state index in [4.69, 9.17) is 5.84 Å². The van der Waals surface area contributed by atoms with E-state index in [1.807, 2.05) is 0 Å². The molecule has 10 heteroatoms. The summed E-state index contributed by atoms with van der Waals surface area (Å²) in [7, 11) is 0. The van der Waals surface area contributed by atoms with Gasteiger partial charge in [-0.3, -0.25) is 10.1 Å². The van der Waals surface area contributed by atoms with Crippen molar-refractivity contribution in [1.29, 1.82) is 0 Å². The summed E-state index contributed by atoms with van der Waals surface area (Å²) in [6.07, 6.45) is 0. The average molecular weight is 352 g/mol. The van der Waals surface area contributed by atoms with Crippen LogP contribution in [0.4, 0.5) is 9.18 Å². The van der Waals surface area contributed by atoms with E-state index in [0.717, 1.165) is 11.8 Å². The van der Waals surface area contributed by atoms with E-state index in [1.165, 1.54) is 22.9 Å². The van der Waals surface area contributed by atoms with Crippen molar-refractivity contribution in [2.45, 2.75) is 25.0 Å². The number of rotatable bonds is 5. The molecule has 2 rings (SSSR count). The number of urea groups is 1. The Kier molecular flexibility index (Phi) is 5.74. The molecule has 128 valence electrons. The van der Waals surface area contributed by atoms with Crippen LogP contribution < -0.4 is 16.5 Å². The van der Waals surface area contributed by atoms with Crippen LogP contribution in [0.25, 0.3) is 11.4 Å². The van der Waals surface area contributed by atoms with Crippen LogP contribution in [-0.4, -0.2) is 38.6 Å². The molecule has 4 N–H and O–H groups in total. The third kappa shape index (κ3) is 4.69. The molecule has 0 bridgehead atoms. The summed E-state index contributed by atoms with van der Waals surface area (Å²) in [6, 6.07) is 5.13. The number of hydrogen-bond acceptors (Lipinski definition) is 6. The molecule has 1 heterocycles. The topological polar surface area (TPSA) is 115 Å². The van der Waals surface area contributed by atoms with Crippen molar-refractivity contribution < 1.29 is 14.0 Å². The number of carbonyl (C=O) groups is 2. The fraction of sp³-hybridized carbons (Fsp3) is 0.286. The monoisotopic (exact) mass is 352 g/mol. The molecule has 0 aliphatic rings. The van der Waals surface area contributed by atoms with Crippen molar-refractivity contribution in [2.75, 3.05) is 11.6 Å². The van der Waals surface area contributed by atoms with Crippen LogP contribution in [0.1, 0.15) is 13.8 Å². The fourth-order valence-electron chi connectivity index (χ4n) is 1.79. The third-order valence-corrected chi connectivity index (χ3v) is 3.70. The molecule has 2 aromatic rings. The SMILES string of the molecule is CC(C)NC(=O)NC(=O)CSc1nnc(-c2cccc(F)c2)n1N. The maximum absolute atomic E-state index is 13.3. The number of nitrogens with two attached hydrogens (primary N) is 1. The fourth-order valence-corrected chi connectivity index (χ4v) is 2.45. The zero-order chi connectivity index (χ0) is 17.7. The molecule has 0 radical (unpaired) electrons. The molecule has 0 spiro atoms. The standard InChI is InChI=1S/C14H17FN6O2S/c1-8(2)17-13(23)18-11(22)7-24-14-20-19-12(21(14)16)9-4-3-5-10(15)6-9/h3-6,8H,7,16H2,1-2H3,(H2,17,18,22,23). The summed E-state index contributed by atoms with van der Waals surface area (Å²) in [5.41, 5.74) is 0.470. The normalized spacial score (nSPS) is 10.7. The lowest BCUT2D eigenvalue weighted by molar-refractivity contribution is -0.117. The van der Waals surface area contributed by atoms with Gasteiger partial charge in [-0.1, -0.05) is 23.9 Å². The minimum Gasteiger partial charge on any atom is -0.336 e. The quantitative estimate of drug-likeness (QED) is 0.549. The van der Waals surface area contributed by atoms with Gasteiger partial charge in [0.05, 0.1) is 5.75 Å². The van der Waals surface area contributed by atoms with Crippen LogP contribution in [-0.2, 0) is 4.79 Å². The number of thioether (sulfide) groups is 1. The molecule has 24 heavy (non-hydrogen) atoms. The van der Waals surface area contributed by atoms with Crippen molar-refractivity contribution in [3.05, 3.63) is 30.1 Å². The number of hydrogen-bond donors (Lipinski definition) is 3. The maximum atomic E-state index is 13.3. The summed E-state index contributed by atoms with van der Waals surface area (Å²) >= 11 is 1.01. The van der Waals surface area contributed by atoms with Crippen molar-refractivity contribution in [2.24, 2.45) is 0 Å². The van der Waals surface area contributed by atoms with Gasteiger partial charge in [0.1, 0.15) is 5.82 Å². The Morgan fingerprint density at radius 1 is 1.38 bits per heavy atom. The molecule has 0 unspecified atom stereocenters. The van der Waals surface area contributed by atoms with E-state index < -0.39 is 17.8 Å². The van der Waals surface area contributed by atoms with Crippen LogP contribution in [0.2, 0.25) is 0 Å². The summed E-state index contributed by atoms with van der Waals surface area (Å²) in [4.78, 5) is 23.1. The maximum Gasteiger partial charge on any atom is 0.321 e. The zero-order valence-electron chi connectivity index (χ0n) is 13.1. The van der Waals surface area contributed by atoms with E-state index in [0.29, 0.717) is 5.56 Å². The van der Waals surface area contributed by atoms with Crippen molar-refractivity contribution >= 4 is 23.7 Å². The number of imide groups is 1. The van der Waals surface area contributed by atoms with Gasteiger partial charge in [0.2, 0.25) is 11.1 Å². The van der Waals surface area contributed by atoms with Gasteiger partial charge in [-0.05, 0) is 26.0 Å². The van der Waals surface area contributed by atoms with E-state index >= 15 is 0 Å². The highest BCUT2D eigenvalue weighted by molar-refractivity contribution is 7.99. The summed E-state index contributed by atoms with van der Waals surface area (Å²) in [6.45, 7) is 3.56. The van der Waals surface area contributed by atoms with E-state index in [9.17, 15) is 14.0 Å². The smallest absolute Gasteiger partial charge is 0.321 e. The number of halogens is 1. The number of aromatic nitrogens is 3. The first-order valence-electron chi connectivity index (χ1n) is 7.06. The van der Waals surface area contributed by atoms with Crippen LogP contribution in [0.3, 0.4) is 0 Å². The van der Waals surface area contributed by atoms with Crippen LogP contribution in [0.15, 0.2) is 29.4 Å². The van der Waals surface area contributed by atoms with Crippen molar-refractivity contribution in [3.8, 4) is 11.4 Å². The molecule has 0 fully saturated rings. The van der Waals surface area contributed by atoms with Crippen molar-refractivity contribution in [1.82, 2.24) is 25.5 Å². The molecule has 0 atom stereocenters. The largest absolute Gasteiger partial charge is 0.336 e. The number of nitrogens with zero attached hydrogens (tertiary/aromatic N) is 3. The highest BCUT2D eigenvalue weighted by atomic mass is 32.2. The lowest BCUT2D eigenvalue weighted by Gasteiger charge is -2.08. The highest BCUT2D eigenvalue weighted by Gasteiger charge is 2.15. The molecule has 1 aromatic carbocycles. The average Bonchev–Trinajstić information content (AvgIpc) is 2.85. The Morgan fingerprint density at radius 3 is 2.79 bits per heavy atom. The van der Waals surface area contributed by atoms with Crippen LogP contribution >= 0.6 is 11.8 Å². The van der Waals surface area contributed by atoms with Gasteiger partial charge in [-0.2, -0.15) is 0 Å². The molecule has 8 nitrogen and oxygen atoms in total. The molecule has 0 saturated heterocycles. The summed E-state index contributed by atoms with van der Waals surface area (Å²) in [5, 5.41) is 12.8. The van der Waals surface area contributed by atoms with Gasteiger partial charge in [0.15, 0.2) is 5.82 Å². The predicted octanol–water partition coefficient (Wildman–Crippen LogP) is 1.12. The highest BCUT2D eigenvalue weighted by Crippen LogP contribution is 2.21. The minimum absolute atomic E-state index is 0.0655. The summed E-state index contributed by atoms with van der Waals surface area (Å²) < 4.78 is 14.4. The Morgan fingerprint density at radius 2 is 2.12 bits per heavy atom. The van der Waals surface area contributed by atoms with Gasteiger partial charge in [-0.15, -0.1) is 10.2 Å². The number of nitrogen functional groups attached to an aromatic ring is 1. The molecule has 3 amide bonds. The second-order valence-corrected chi connectivity index (χ2v) is 6.09. The summed E-state index contributed by atoms with van der Waals surface area (Å²) in [5.74, 6) is 5.18. The van der Waals surface area contributed by atoms with E-state index in [2.05, 4.69) is 20.8 Å². The molecule has 0 saturated carbocycles. The van der Waals surface area contributed by atoms with E-state index in [1.54, 1.807) is 19.9 Å². The molecule has 0 aliphatic heterocycles. The second kappa shape index (κ2) is 7.77. The first kappa shape index (κ1) is 17.7. The van der Waals surface area contributed by atoms with Gasteiger partial charge in [0, 0.05) is 11.6 Å². The molecular formula is C14H17FN6O2S. The number of benzene rings is 1. The molecule has 0 aliphatic carbocycles. The van der Waals surface area contributed by atoms with Gasteiger partial charge in [0.25, 0.3) is 0 Å². The Balaban J connectivity index is 1.97. The van der Waals surface area contributed by atoms with Crippen LogP contribution in [0.5, 0.6) is 0 Å². The molecular weight excluding hydrogens is 335 g/mol. The van der Waals surface area contributed by atoms with Crippen molar-refractivity contribution in [3.63, 3.8) is 0 Å². The number of amides is 3. The van der Waals surface area contributed by atoms with Gasteiger partial charge < -0.3 is 11.2 Å². The van der Waals surface area contributed by atoms with Gasteiger partial charge >= 0.3 is 6.03 Å². The van der Waals surface area contributed by atoms with E-state index in [-0.39, 0.29) is 22.8 Å². The van der Waals surface area contributed by atoms with Crippen LogP contribution in [0, 0.1) is 5.82 Å². The Labute approximate surface area is 142 Å². The predicted molar refractivity (Wildman–Crippen MR) is 88.1 cm³/mol. The first-order chi connectivity index (χ1) is 11.4. The van der Waals surface area contributed by atoms with Gasteiger partial charge in [-0.25, -0.2) is 13.9 Å². The number of carbonyl (C=O) groups excluding carboxylic acids is 2. The lowest BCUT2D eigenvalue weighted by Crippen LogP contribution is -2.43. The Bertz CT molecular complexity index is 749. The zero-order valence-corrected chi connectivity index (χ0v) is 13.9. The number of nitrogens with one attached hydrogen (secondary N) is 2. The lowest BCUT2D eigenvalue weighted by atomic mass is 10.2. The second-order valence-electron chi connectivity index (χ2n) is 5.15. The first-order valence-corrected chi connectivity index (χ1v) is 8.05. The Hall–Kier alpha value is -2.62. The minimum atomic E-state index is -0.565. The molecule has 1 aromatic heterocycles. The third-order valence-electron chi connectivity index (χ3n) is 2.75.